The normalized spacial score (nSPS) is 13.6. The molecule has 7 nitrogen and oxygen atoms in total. The number of hydrogen-bond acceptors (Lipinski definition) is 7. The second-order valence-electron chi connectivity index (χ2n) is 9.28. The van der Waals surface area contributed by atoms with Crippen LogP contribution in [0, 0.1) is 5.82 Å². The maximum Gasteiger partial charge on any atom is 0.267 e. The van der Waals surface area contributed by atoms with Crippen molar-refractivity contribution in [2.75, 3.05) is 24.2 Å². The van der Waals surface area contributed by atoms with Gasteiger partial charge in [-0.15, -0.1) is 11.3 Å². The Kier molecular flexibility index (Phi) is 7.83. The molecule has 0 spiro atoms. The molecule has 0 atom stereocenters. The minimum absolute atomic E-state index is 0.0322. The second kappa shape index (κ2) is 11.3. The molecule has 0 unspecified atom stereocenters. The van der Waals surface area contributed by atoms with Crippen LogP contribution in [-0.2, 0) is 17.8 Å². The van der Waals surface area contributed by atoms with Crippen molar-refractivity contribution in [3.63, 3.8) is 0 Å². The number of benzene rings is 2. The molecule has 38 heavy (non-hydrogen) atoms. The number of hydrogen-bond donors (Lipinski definition) is 1. The fourth-order valence-corrected chi connectivity index (χ4v) is 6.65. The lowest BCUT2D eigenvalue weighted by Gasteiger charge is -2.30. The van der Waals surface area contributed by atoms with E-state index in [9.17, 15) is 14.0 Å². The van der Waals surface area contributed by atoms with Gasteiger partial charge in [0, 0.05) is 24.0 Å². The zero-order chi connectivity index (χ0) is 26.8. The number of nitrogens with one attached hydrogen (secondary N) is 1. The maximum atomic E-state index is 14.0. The van der Waals surface area contributed by atoms with Crippen LogP contribution < -0.4 is 15.6 Å². The van der Waals surface area contributed by atoms with Gasteiger partial charge >= 0.3 is 0 Å². The molecule has 4 aromatic rings. The Hall–Kier alpha value is -3.21. The number of carbonyl (C=O) groups excluding carboxylic acids is 1. The average Bonchev–Trinajstić information content (AvgIpc) is 3.27. The summed E-state index contributed by atoms with van der Waals surface area (Å²) >= 11 is 2.70. The predicted octanol–water partition coefficient (Wildman–Crippen LogP) is 5.48. The molecular formula is C28H29FN4O3S2. The predicted molar refractivity (Wildman–Crippen MR) is 151 cm³/mol. The summed E-state index contributed by atoms with van der Waals surface area (Å²) in [5.41, 5.74) is 1.69. The van der Waals surface area contributed by atoms with E-state index in [4.69, 9.17) is 9.72 Å². The van der Waals surface area contributed by atoms with Crippen LogP contribution in [0.1, 0.15) is 31.2 Å². The summed E-state index contributed by atoms with van der Waals surface area (Å²) in [4.78, 5) is 35.8. The van der Waals surface area contributed by atoms with Gasteiger partial charge in [0.05, 0.1) is 29.1 Å². The molecule has 2 aromatic carbocycles. The van der Waals surface area contributed by atoms with Crippen LogP contribution in [0.15, 0.2) is 58.5 Å². The summed E-state index contributed by atoms with van der Waals surface area (Å²) in [6, 6.07) is 13.7. The summed E-state index contributed by atoms with van der Waals surface area (Å²) < 4.78 is 21.2. The molecule has 1 aliphatic heterocycles. The van der Waals surface area contributed by atoms with Crippen LogP contribution in [0.3, 0.4) is 0 Å². The molecule has 198 valence electrons. The van der Waals surface area contributed by atoms with Gasteiger partial charge in [0.15, 0.2) is 5.16 Å². The average molecular weight is 553 g/mol. The lowest BCUT2D eigenvalue weighted by Crippen LogP contribution is -2.35. The summed E-state index contributed by atoms with van der Waals surface area (Å²) in [5.74, 6) is -0.212. The number of ether oxygens (including phenoxy) is 1. The van der Waals surface area contributed by atoms with Gasteiger partial charge in [0.2, 0.25) is 5.91 Å². The Balaban J connectivity index is 1.53. The number of thioether (sulfide) groups is 1. The van der Waals surface area contributed by atoms with E-state index in [2.05, 4.69) is 24.1 Å². The number of halogens is 1. The second-order valence-corrected chi connectivity index (χ2v) is 11.3. The number of rotatable bonds is 8. The van der Waals surface area contributed by atoms with Crippen LogP contribution in [0.4, 0.5) is 10.1 Å². The van der Waals surface area contributed by atoms with Gasteiger partial charge in [-0.25, -0.2) is 9.37 Å². The highest BCUT2D eigenvalue weighted by Gasteiger charge is 2.27. The first kappa shape index (κ1) is 26.4. The minimum atomic E-state index is -0.503. The molecule has 0 saturated carbocycles. The summed E-state index contributed by atoms with van der Waals surface area (Å²) in [6.45, 7) is 8.50. The van der Waals surface area contributed by atoms with Gasteiger partial charge in [-0.05, 0) is 69.2 Å². The Labute approximate surface area is 228 Å². The number of aromatic nitrogens is 2. The van der Waals surface area contributed by atoms with Crippen molar-refractivity contribution in [1.82, 2.24) is 14.5 Å². The molecule has 3 heterocycles. The lowest BCUT2D eigenvalue weighted by molar-refractivity contribution is -0.113. The van der Waals surface area contributed by atoms with E-state index in [-0.39, 0.29) is 22.9 Å². The van der Waals surface area contributed by atoms with E-state index in [0.29, 0.717) is 39.5 Å². The Bertz CT molecular complexity index is 1530. The van der Waals surface area contributed by atoms with Crippen LogP contribution in [0.25, 0.3) is 15.9 Å². The number of amides is 1. The van der Waals surface area contributed by atoms with E-state index < -0.39 is 5.82 Å². The topological polar surface area (TPSA) is 76.5 Å². The SMILES string of the molecule is CCOc1ccc(-n2c(SCC(=O)Nc3ccccc3F)nc3sc4c(c3c2=O)CCN(C(C)C)C4)cc1. The number of anilines is 1. The maximum absolute atomic E-state index is 14.0. The van der Waals surface area contributed by atoms with Crippen LogP contribution in [0.5, 0.6) is 5.75 Å². The molecule has 0 fully saturated rings. The summed E-state index contributed by atoms with van der Waals surface area (Å²) in [6.07, 6.45) is 0.797. The van der Waals surface area contributed by atoms with E-state index in [1.54, 1.807) is 28.0 Å². The van der Waals surface area contributed by atoms with Crippen molar-refractivity contribution < 1.29 is 13.9 Å². The van der Waals surface area contributed by atoms with E-state index in [0.717, 1.165) is 36.8 Å². The van der Waals surface area contributed by atoms with E-state index >= 15 is 0 Å². The van der Waals surface area contributed by atoms with Gasteiger partial charge in [0.25, 0.3) is 5.56 Å². The lowest BCUT2D eigenvalue weighted by atomic mass is 10.0. The van der Waals surface area contributed by atoms with Crippen molar-refractivity contribution in [3.05, 3.63) is 75.1 Å². The highest BCUT2D eigenvalue weighted by atomic mass is 32.2. The minimum Gasteiger partial charge on any atom is -0.494 e. The Morgan fingerprint density at radius 3 is 2.68 bits per heavy atom. The van der Waals surface area contributed by atoms with Gasteiger partial charge in [-0.3, -0.25) is 19.1 Å². The zero-order valence-corrected chi connectivity index (χ0v) is 23.1. The van der Waals surface area contributed by atoms with Crippen LogP contribution in [0.2, 0.25) is 0 Å². The fourth-order valence-electron chi connectivity index (χ4n) is 4.55. The van der Waals surface area contributed by atoms with Crippen molar-refractivity contribution in [2.24, 2.45) is 0 Å². The van der Waals surface area contributed by atoms with Crippen molar-refractivity contribution in [2.45, 2.75) is 44.9 Å². The Morgan fingerprint density at radius 1 is 1.21 bits per heavy atom. The highest BCUT2D eigenvalue weighted by Crippen LogP contribution is 2.35. The van der Waals surface area contributed by atoms with Crippen LogP contribution >= 0.6 is 23.1 Å². The smallest absolute Gasteiger partial charge is 0.267 e. The molecule has 0 bridgehead atoms. The molecule has 0 radical (unpaired) electrons. The molecule has 1 aliphatic rings. The molecule has 0 aliphatic carbocycles. The third-order valence-electron chi connectivity index (χ3n) is 6.49. The molecule has 1 N–H and O–H groups in total. The van der Waals surface area contributed by atoms with E-state index in [1.165, 1.54) is 17.0 Å². The summed E-state index contributed by atoms with van der Waals surface area (Å²) in [7, 11) is 0. The van der Waals surface area contributed by atoms with Crippen molar-refractivity contribution >= 4 is 44.9 Å². The molecule has 5 rings (SSSR count). The molecule has 1 amide bonds. The van der Waals surface area contributed by atoms with Crippen LogP contribution in [-0.4, -0.2) is 45.3 Å². The third-order valence-corrected chi connectivity index (χ3v) is 8.54. The first-order chi connectivity index (χ1) is 18.4. The number of para-hydroxylation sites is 1. The molecule has 2 aromatic heterocycles. The van der Waals surface area contributed by atoms with Gasteiger partial charge in [-0.1, -0.05) is 23.9 Å². The first-order valence-corrected chi connectivity index (χ1v) is 14.4. The number of fused-ring (bicyclic) bond motifs is 3. The van der Waals surface area contributed by atoms with E-state index in [1.807, 2.05) is 31.2 Å². The van der Waals surface area contributed by atoms with Gasteiger partial charge in [-0.2, -0.15) is 0 Å². The fraction of sp³-hybridized carbons (Fsp3) is 0.321. The number of nitrogens with zero attached hydrogens (tertiary/aromatic N) is 3. The van der Waals surface area contributed by atoms with Gasteiger partial charge < -0.3 is 10.1 Å². The molecule has 0 saturated heterocycles. The largest absolute Gasteiger partial charge is 0.494 e. The highest BCUT2D eigenvalue weighted by molar-refractivity contribution is 7.99. The molecule has 10 heteroatoms. The monoisotopic (exact) mass is 552 g/mol. The number of thiophene rings is 1. The van der Waals surface area contributed by atoms with Crippen molar-refractivity contribution in [1.29, 1.82) is 0 Å². The number of carbonyl (C=O) groups is 1. The standard InChI is InChI=1S/C28H29FN4O3S2/c1-4-36-19-11-9-18(10-12-19)33-27(35)25-20-13-14-32(17(2)3)15-23(20)38-26(25)31-28(33)37-16-24(34)30-22-8-6-5-7-21(22)29/h5-12,17H,4,13-16H2,1-3H3,(H,30,34). The summed E-state index contributed by atoms with van der Waals surface area (Å²) in [5, 5.41) is 3.67. The third kappa shape index (κ3) is 5.34. The quantitative estimate of drug-likeness (QED) is 0.230. The van der Waals surface area contributed by atoms with Gasteiger partial charge in [0.1, 0.15) is 16.4 Å². The molecular weight excluding hydrogens is 523 g/mol. The Morgan fingerprint density at radius 2 is 1.97 bits per heavy atom. The van der Waals surface area contributed by atoms with Crippen molar-refractivity contribution in [3.8, 4) is 11.4 Å². The zero-order valence-electron chi connectivity index (χ0n) is 21.5. The first-order valence-electron chi connectivity index (χ1n) is 12.6.